The van der Waals surface area contributed by atoms with Crippen LogP contribution in [-0.2, 0) is 14.6 Å². The smallest absolute Gasteiger partial charge is 0.269 e. The molecule has 7 heteroatoms. The molecule has 2 aromatic carbocycles. The zero-order valence-electron chi connectivity index (χ0n) is 12.4. The number of amides is 1. The zero-order chi connectivity index (χ0) is 16.4. The lowest BCUT2D eigenvalue weighted by Gasteiger charge is -2.25. The van der Waals surface area contributed by atoms with Crippen molar-refractivity contribution in [1.29, 1.82) is 0 Å². The van der Waals surface area contributed by atoms with Crippen LogP contribution in [0.25, 0.3) is 0 Å². The zero-order valence-corrected chi connectivity index (χ0v) is 13.2. The van der Waals surface area contributed by atoms with Gasteiger partial charge in [0.05, 0.1) is 4.90 Å². The number of nitrogens with one attached hydrogen (secondary N) is 1. The summed E-state index contributed by atoms with van der Waals surface area (Å²) in [5, 5.41) is 2.65. The van der Waals surface area contributed by atoms with Crippen LogP contribution in [0, 0.1) is 0 Å². The highest BCUT2D eigenvalue weighted by atomic mass is 32.2. The average molecular weight is 333 g/mol. The van der Waals surface area contributed by atoms with E-state index in [2.05, 4.69) is 5.32 Å². The van der Waals surface area contributed by atoms with Gasteiger partial charge in [0.15, 0.2) is 21.3 Å². The normalized spacial score (nSPS) is 16.7. The molecule has 1 aliphatic rings. The Morgan fingerprint density at radius 3 is 2.61 bits per heavy atom. The molecule has 6 nitrogen and oxygen atoms in total. The van der Waals surface area contributed by atoms with E-state index in [0.717, 1.165) is 6.26 Å². The fourth-order valence-corrected chi connectivity index (χ4v) is 2.84. The van der Waals surface area contributed by atoms with Crippen LogP contribution < -0.4 is 14.8 Å². The standard InChI is InChI=1S/C16H15NO5S/c1-23(19,20)12-6-4-5-11(9-12)17-16(18)15-10-21-13-7-2-3-8-14(13)22-15/h2-9,15H,10H2,1H3,(H,17,18). The molecular weight excluding hydrogens is 318 g/mol. The van der Waals surface area contributed by atoms with Crippen molar-refractivity contribution in [2.24, 2.45) is 0 Å². The van der Waals surface area contributed by atoms with Crippen LogP contribution in [-0.4, -0.2) is 33.3 Å². The molecular formula is C16H15NO5S. The van der Waals surface area contributed by atoms with Crippen molar-refractivity contribution in [1.82, 2.24) is 0 Å². The maximum Gasteiger partial charge on any atom is 0.269 e. The van der Waals surface area contributed by atoms with Crippen molar-refractivity contribution < 1.29 is 22.7 Å². The van der Waals surface area contributed by atoms with Crippen LogP contribution in [0.2, 0.25) is 0 Å². The van der Waals surface area contributed by atoms with E-state index in [-0.39, 0.29) is 11.5 Å². The van der Waals surface area contributed by atoms with Gasteiger partial charge in [0, 0.05) is 11.9 Å². The van der Waals surface area contributed by atoms with Gasteiger partial charge in [-0.3, -0.25) is 4.79 Å². The molecule has 3 rings (SSSR count). The lowest BCUT2D eigenvalue weighted by atomic mass is 10.2. The maximum atomic E-state index is 12.3. The lowest BCUT2D eigenvalue weighted by molar-refractivity contribution is -0.125. The Labute approximate surface area is 134 Å². The second kappa shape index (κ2) is 5.92. The summed E-state index contributed by atoms with van der Waals surface area (Å²) in [4.78, 5) is 12.4. The first-order valence-corrected chi connectivity index (χ1v) is 8.82. The minimum absolute atomic E-state index is 0.0919. The molecule has 0 aromatic heterocycles. The third kappa shape index (κ3) is 3.45. The third-order valence-corrected chi connectivity index (χ3v) is 4.44. The molecule has 120 valence electrons. The first-order chi connectivity index (χ1) is 10.9. The van der Waals surface area contributed by atoms with Crippen molar-refractivity contribution in [2.75, 3.05) is 18.2 Å². The highest BCUT2D eigenvalue weighted by Crippen LogP contribution is 2.31. The molecule has 0 fully saturated rings. The minimum atomic E-state index is -3.33. The number of carbonyl (C=O) groups excluding carboxylic acids is 1. The Morgan fingerprint density at radius 2 is 1.87 bits per heavy atom. The van der Waals surface area contributed by atoms with Gasteiger partial charge >= 0.3 is 0 Å². The molecule has 0 aliphatic carbocycles. The molecule has 1 atom stereocenters. The number of ether oxygens (including phenoxy) is 2. The number of benzene rings is 2. The fourth-order valence-electron chi connectivity index (χ4n) is 2.18. The number of carbonyl (C=O) groups is 1. The van der Waals surface area contributed by atoms with Gasteiger partial charge in [0.1, 0.15) is 6.61 Å². The quantitative estimate of drug-likeness (QED) is 0.927. The van der Waals surface area contributed by atoms with Gasteiger partial charge < -0.3 is 14.8 Å². The van der Waals surface area contributed by atoms with E-state index in [0.29, 0.717) is 17.2 Å². The monoisotopic (exact) mass is 333 g/mol. The molecule has 0 saturated carbocycles. The number of hydrogen-bond donors (Lipinski definition) is 1. The number of sulfone groups is 1. The van der Waals surface area contributed by atoms with Crippen molar-refractivity contribution >= 4 is 21.4 Å². The molecule has 0 spiro atoms. The topological polar surface area (TPSA) is 81.7 Å². The summed E-state index contributed by atoms with van der Waals surface area (Å²) in [5.41, 5.74) is 0.389. The van der Waals surface area contributed by atoms with Crippen LogP contribution in [0.4, 0.5) is 5.69 Å². The highest BCUT2D eigenvalue weighted by molar-refractivity contribution is 7.90. The van der Waals surface area contributed by atoms with Crippen LogP contribution in [0.1, 0.15) is 0 Å². The maximum absolute atomic E-state index is 12.3. The highest BCUT2D eigenvalue weighted by Gasteiger charge is 2.27. The molecule has 2 aromatic rings. The Balaban J connectivity index is 1.73. The first kappa shape index (κ1) is 15.4. The molecule has 1 heterocycles. The van der Waals surface area contributed by atoms with E-state index in [4.69, 9.17) is 9.47 Å². The van der Waals surface area contributed by atoms with Crippen LogP contribution >= 0.6 is 0 Å². The summed E-state index contributed by atoms with van der Waals surface area (Å²) < 4.78 is 34.2. The molecule has 1 aliphatic heterocycles. The number of para-hydroxylation sites is 2. The number of hydrogen-bond acceptors (Lipinski definition) is 5. The summed E-state index contributed by atoms with van der Waals surface area (Å²) in [6.07, 6.45) is 0.315. The van der Waals surface area contributed by atoms with E-state index < -0.39 is 21.8 Å². The van der Waals surface area contributed by atoms with Crippen LogP contribution in [0.3, 0.4) is 0 Å². The summed E-state index contributed by atoms with van der Waals surface area (Å²) in [5.74, 6) is 0.699. The molecule has 1 amide bonds. The molecule has 1 unspecified atom stereocenters. The lowest BCUT2D eigenvalue weighted by Crippen LogP contribution is -2.40. The minimum Gasteiger partial charge on any atom is -0.485 e. The summed E-state index contributed by atoms with van der Waals surface area (Å²) in [7, 11) is -3.33. The van der Waals surface area contributed by atoms with Crippen LogP contribution in [0.15, 0.2) is 53.4 Å². The SMILES string of the molecule is CS(=O)(=O)c1cccc(NC(=O)C2COc3ccccc3O2)c1. The van der Waals surface area contributed by atoms with Gasteiger partial charge in [-0.1, -0.05) is 18.2 Å². The molecule has 23 heavy (non-hydrogen) atoms. The predicted molar refractivity (Wildman–Crippen MR) is 84.5 cm³/mol. The summed E-state index contributed by atoms with van der Waals surface area (Å²) in [6.45, 7) is 0.0919. The van der Waals surface area contributed by atoms with E-state index in [1.807, 2.05) is 6.07 Å². The summed E-state index contributed by atoms with van der Waals surface area (Å²) in [6, 6.07) is 13.2. The van der Waals surface area contributed by atoms with Crippen molar-refractivity contribution in [3.8, 4) is 11.5 Å². The van der Waals surface area contributed by atoms with Gasteiger partial charge in [0.2, 0.25) is 6.10 Å². The number of fused-ring (bicyclic) bond motifs is 1. The number of anilines is 1. The van der Waals surface area contributed by atoms with Gasteiger partial charge in [0.25, 0.3) is 5.91 Å². The average Bonchev–Trinajstić information content (AvgIpc) is 2.54. The Morgan fingerprint density at radius 1 is 1.13 bits per heavy atom. The van der Waals surface area contributed by atoms with E-state index in [1.165, 1.54) is 12.1 Å². The Bertz CT molecular complexity index is 847. The molecule has 0 radical (unpaired) electrons. The van der Waals surface area contributed by atoms with E-state index in [9.17, 15) is 13.2 Å². The van der Waals surface area contributed by atoms with E-state index >= 15 is 0 Å². The molecule has 1 N–H and O–H groups in total. The Hall–Kier alpha value is -2.54. The predicted octanol–water partition coefficient (Wildman–Crippen LogP) is 1.87. The fraction of sp³-hybridized carbons (Fsp3) is 0.188. The van der Waals surface area contributed by atoms with Crippen molar-refractivity contribution in [3.05, 3.63) is 48.5 Å². The second-order valence-electron chi connectivity index (χ2n) is 5.15. The third-order valence-electron chi connectivity index (χ3n) is 3.33. The largest absolute Gasteiger partial charge is 0.485 e. The molecule has 0 saturated heterocycles. The van der Waals surface area contributed by atoms with E-state index in [1.54, 1.807) is 30.3 Å². The van der Waals surface area contributed by atoms with Crippen molar-refractivity contribution in [3.63, 3.8) is 0 Å². The van der Waals surface area contributed by atoms with Crippen molar-refractivity contribution in [2.45, 2.75) is 11.0 Å². The Kier molecular flexibility index (Phi) is 3.96. The van der Waals surface area contributed by atoms with Gasteiger partial charge in [-0.25, -0.2) is 8.42 Å². The first-order valence-electron chi connectivity index (χ1n) is 6.93. The molecule has 0 bridgehead atoms. The van der Waals surface area contributed by atoms with Gasteiger partial charge in [-0.15, -0.1) is 0 Å². The number of rotatable bonds is 3. The van der Waals surface area contributed by atoms with Gasteiger partial charge in [-0.05, 0) is 30.3 Å². The summed E-state index contributed by atoms with van der Waals surface area (Å²) >= 11 is 0. The second-order valence-corrected chi connectivity index (χ2v) is 7.17. The van der Waals surface area contributed by atoms with Gasteiger partial charge in [-0.2, -0.15) is 0 Å². The van der Waals surface area contributed by atoms with Crippen LogP contribution in [0.5, 0.6) is 11.5 Å².